The molecule has 0 saturated carbocycles. The van der Waals surface area contributed by atoms with Crippen LogP contribution in [0.4, 0.5) is 0 Å². The van der Waals surface area contributed by atoms with Crippen molar-refractivity contribution >= 4 is 0 Å². The van der Waals surface area contributed by atoms with Crippen molar-refractivity contribution in [3.05, 3.63) is 29.6 Å². The van der Waals surface area contributed by atoms with Crippen LogP contribution in [0.5, 0.6) is 5.75 Å². The Morgan fingerprint density at radius 3 is 2.94 bits per heavy atom. The number of hydrogen-bond donors (Lipinski definition) is 1. The molecule has 1 N–H and O–H groups in total. The van der Waals surface area contributed by atoms with Crippen LogP contribution in [0.1, 0.15) is 11.4 Å². The highest BCUT2D eigenvalue weighted by Gasteiger charge is 2.09. The van der Waals surface area contributed by atoms with Crippen molar-refractivity contribution in [3.8, 4) is 11.4 Å². The van der Waals surface area contributed by atoms with Gasteiger partial charge < -0.3 is 10.1 Å². The zero-order valence-corrected chi connectivity index (χ0v) is 10.8. The summed E-state index contributed by atoms with van der Waals surface area (Å²) in [6.07, 6.45) is 0.755. The van der Waals surface area contributed by atoms with E-state index in [1.54, 1.807) is 7.11 Å². The third kappa shape index (κ3) is 2.65. The molecule has 0 fully saturated rings. The maximum Gasteiger partial charge on any atom is 0.176 e. The molecule has 0 aliphatic heterocycles. The van der Waals surface area contributed by atoms with Gasteiger partial charge in [-0.25, -0.2) is 0 Å². The second kappa shape index (κ2) is 5.59. The van der Waals surface area contributed by atoms with Gasteiger partial charge in [0.2, 0.25) is 0 Å². The quantitative estimate of drug-likeness (QED) is 0.844. The van der Waals surface area contributed by atoms with Gasteiger partial charge in [0.15, 0.2) is 5.82 Å². The molecular formula is C12H17N5O. The minimum absolute atomic E-state index is 0.716. The molecule has 18 heavy (non-hydrogen) atoms. The fourth-order valence-corrected chi connectivity index (χ4v) is 1.64. The van der Waals surface area contributed by atoms with E-state index in [1.807, 2.05) is 32.2 Å². The van der Waals surface area contributed by atoms with Crippen molar-refractivity contribution in [2.24, 2.45) is 0 Å². The van der Waals surface area contributed by atoms with Crippen LogP contribution in [0.15, 0.2) is 18.2 Å². The van der Waals surface area contributed by atoms with Crippen LogP contribution in [0.25, 0.3) is 5.69 Å². The third-order valence-corrected chi connectivity index (χ3v) is 2.60. The molecule has 2 rings (SSSR count). The second-order valence-corrected chi connectivity index (χ2v) is 4.02. The van der Waals surface area contributed by atoms with Gasteiger partial charge in [-0.15, -0.1) is 15.0 Å². The summed E-state index contributed by atoms with van der Waals surface area (Å²) in [7, 11) is 3.53. The van der Waals surface area contributed by atoms with Crippen LogP contribution in [0, 0.1) is 6.92 Å². The number of rotatable bonds is 5. The molecule has 1 aromatic heterocycles. The fraction of sp³-hybridized carbons (Fsp3) is 0.417. The van der Waals surface area contributed by atoms with Crippen LogP contribution in [-0.2, 0) is 6.42 Å². The molecule has 2 aromatic rings. The number of methoxy groups -OCH3 is 1. The summed E-state index contributed by atoms with van der Waals surface area (Å²) < 4.78 is 5.30. The van der Waals surface area contributed by atoms with Gasteiger partial charge in [-0.05, 0) is 36.9 Å². The number of hydrogen-bond acceptors (Lipinski definition) is 5. The minimum Gasteiger partial charge on any atom is -0.494 e. The number of tetrazole rings is 1. The Kier molecular flexibility index (Phi) is 3.88. The Bertz CT molecular complexity index is 523. The molecule has 6 nitrogen and oxygen atoms in total. The zero-order valence-electron chi connectivity index (χ0n) is 10.8. The highest BCUT2D eigenvalue weighted by atomic mass is 16.5. The summed E-state index contributed by atoms with van der Waals surface area (Å²) in [5, 5.41) is 15.5. The molecule has 0 spiro atoms. The molecular weight excluding hydrogens is 230 g/mol. The first-order chi connectivity index (χ1) is 8.74. The van der Waals surface area contributed by atoms with Gasteiger partial charge in [0.25, 0.3) is 0 Å². The van der Waals surface area contributed by atoms with Gasteiger partial charge in [0, 0.05) is 13.0 Å². The Hall–Kier alpha value is -1.95. The Labute approximate surface area is 106 Å². The van der Waals surface area contributed by atoms with Crippen LogP contribution in [0.2, 0.25) is 0 Å². The Morgan fingerprint density at radius 2 is 2.22 bits per heavy atom. The van der Waals surface area contributed by atoms with Crippen molar-refractivity contribution in [3.63, 3.8) is 0 Å². The normalized spacial score (nSPS) is 10.6. The van der Waals surface area contributed by atoms with Gasteiger partial charge in [0.05, 0.1) is 7.11 Å². The Balaban J connectivity index is 2.30. The summed E-state index contributed by atoms with van der Waals surface area (Å²) in [5.41, 5.74) is 1.93. The minimum atomic E-state index is 0.716. The topological polar surface area (TPSA) is 64.9 Å². The van der Waals surface area contributed by atoms with Crippen LogP contribution in [0.3, 0.4) is 0 Å². The highest BCUT2D eigenvalue weighted by molar-refractivity contribution is 5.47. The molecule has 1 aromatic carbocycles. The lowest BCUT2D eigenvalue weighted by molar-refractivity contribution is 0.409. The Morgan fingerprint density at radius 1 is 1.39 bits per heavy atom. The van der Waals surface area contributed by atoms with Crippen LogP contribution in [-0.4, -0.2) is 40.9 Å². The first kappa shape index (κ1) is 12.5. The van der Waals surface area contributed by atoms with E-state index in [9.17, 15) is 0 Å². The van der Waals surface area contributed by atoms with Gasteiger partial charge in [-0.2, -0.15) is 0 Å². The number of aromatic nitrogens is 4. The van der Waals surface area contributed by atoms with E-state index >= 15 is 0 Å². The molecule has 0 bridgehead atoms. The van der Waals surface area contributed by atoms with E-state index in [0.717, 1.165) is 30.0 Å². The predicted molar refractivity (Wildman–Crippen MR) is 68.1 cm³/mol. The van der Waals surface area contributed by atoms with E-state index in [-0.39, 0.29) is 0 Å². The van der Waals surface area contributed by atoms with Crippen molar-refractivity contribution in [1.29, 1.82) is 0 Å². The molecule has 0 atom stereocenters. The molecule has 0 saturated heterocycles. The number of nitrogens with zero attached hydrogens (tertiary/aromatic N) is 4. The summed E-state index contributed by atoms with van der Waals surface area (Å²) in [6.45, 7) is 2.85. The van der Waals surface area contributed by atoms with Crippen molar-refractivity contribution < 1.29 is 4.74 Å². The maximum absolute atomic E-state index is 5.30. The van der Waals surface area contributed by atoms with Gasteiger partial charge in [-0.1, -0.05) is 6.07 Å². The van der Waals surface area contributed by atoms with Gasteiger partial charge in [-0.3, -0.25) is 0 Å². The molecule has 6 heteroatoms. The van der Waals surface area contributed by atoms with Crippen molar-refractivity contribution in [2.45, 2.75) is 13.3 Å². The molecule has 0 aliphatic carbocycles. The SMILES string of the molecule is CNCCc1nnn(-c2cc(C)ccc2OC)n1. The maximum atomic E-state index is 5.30. The van der Waals surface area contributed by atoms with Crippen LogP contribution >= 0.6 is 0 Å². The summed E-state index contributed by atoms with van der Waals surface area (Å²) in [6, 6.07) is 5.87. The number of nitrogens with one attached hydrogen (secondary N) is 1. The molecule has 1 heterocycles. The molecule has 0 aliphatic rings. The molecule has 96 valence electrons. The van der Waals surface area contributed by atoms with Crippen molar-refractivity contribution in [2.75, 3.05) is 20.7 Å². The summed E-state index contributed by atoms with van der Waals surface area (Å²) >= 11 is 0. The summed E-state index contributed by atoms with van der Waals surface area (Å²) in [4.78, 5) is 1.51. The van der Waals surface area contributed by atoms with Gasteiger partial charge >= 0.3 is 0 Å². The van der Waals surface area contributed by atoms with Crippen molar-refractivity contribution in [1.82, 2.24) is 25.5 Å². The number of benzene rings is 1. The van der Waals surface area contributed by atoms with E-state index in [4.69, 9.17) is 4.74 Å². The summed E-state index contributed by atoms with van der Waals surface area (Å²) in [5.74, 6) is 1.45. The number of aryl methyl sites for hydroxylation is 1. The highest BCUT2D eigenvalue weighted by Crippen LogP contribution is 2.22. The first-order valence-corrected chi connectivity index (χ1v) is 5.83. The number of likely N-dealkylation sites (N-methyl/N-ethyl adjacent to an activating group) is 1. The third-order valence-electron chi connectivity index (χ3n) is 2.60. The van der Waals surface area contributed by atoms with Crippen LogP contribution < -0.4 is 10.1 Å². The lowest BCUT2D eigenvalue weighted by Gasteiger charge is -2.07. The number of ether oxygens (including phenoxy) is 1. The molecule has 0 radical (unpaired) electrons. The second-order valence-electron chi connectivity index (χ2n) is 4.02. The monoisotopic (exact) mass is 247 g/mol. The first-order valence-electron chi connectivity index (χ1n) is 5.83. The smallest absolute Gasteiger partial charge is 0.176 e. The average Bonchev–Trinajstić information content (AvgIpc) is 2.85. The van der Waals surface area contributed by atoms with E-state index in [2.05, 4.69) is 20.7 Å². The zero-order chi connectivity index (χ0) is 13.0. The predicted octanol–water partition coefficient (Wildman–Crippen LogP) is 0.741. The standard InChI is InChI=1S/C12H17N5O/c1-9-4-5-11(18-3)10(8-9)17-15-12(14-16-17)6-7-13-2/h4-5,8,13H,6-7H2,1-3H3. The average molecular weight is 247 g/mol. The fourth-order valence-electron chi connectivity index (χ4n) is 1.64. The van der Waals surface area contributed by atoms with Gasteiger partial charge in [0.1, 0.15) is 11.4 Å². The van der Waals surface area contributed by atoms with E-state index < -0.39 is 0 Å². The largest absolute Gasteiger partial charge is 0.494 e. The lowest BCUT2D eigenvalue weighted by Crippen LogP contribution is -2.11. The molecule has 0 unspecified atom stereocenters. The molecule has 0 amide bonds. The lowest BCUT2D eigenvalue weighted by atomic mass is 10.2. The van der Waals surface area contributed by atoms with E-state index in [1.165, 1.54) is 4.80 Å². The van der Waals surface area contributed by atoms with E-state index in [0.29, 0.717) is 5.82 Å².